The molecule has 4 nitrogen and oxygen atoms in total. The van der Waals surface area contributed by atoms with E-state index < -0.39 is 0 Å². The van der Waals surface area contributed by atoms with E-state index in [0.717, 1.165) is 18.3 Å². The highest BCUT2D eigenvalue weighted by Gasteiger charge is 2.15. The molecular formula is C17H28IN3O. The molecule has 1 aliphatic carbocycles. The minimum Gasteiger partial charge on any atom is -0.494 e. The molecule has 0 aromatic heterocycles. The third-order valence-corrected chi connectivity index (χ3v) is 3.67. The van der Waals surface area contributed by atoms with Gasteiger partial charge in [-0.2, -0.15) is 0 Å². The summed E-state index contributed by atoms with van der Waals surface area (Å²) in [5.41, 5.74) is 1.17. The zero-order valence-corrected chi connectivity index (χ0v) is 15.9. The van der Waals surface area contributed by atoms with Crippen LogP contribution in [0.3, 0.4) is 0 Å². The summed E-state index contributed by atoms with van der Waals surface area (Å²) >= 11 is 0. The summed E-state index contributed by atoms with van der Waals surface area (Å²) in [6.45, 7) is 6.35. The van der Waals surface area contributed by atoms with Gasteiger partial charge in [-0.25, -0.2) is 4.99 Å². The Bertz CT molecular complexity index is 459. The Balaban J connectivity index is 0.00000242. The van der Waals surface area contributed by atoms with Gasteiger partial charge >= 0.3 is 0 Å². The first kappa shape index (κ1) is 19.1. The maximum absolute atomic E-state index is 5.53. The number of hydrogen-bond donors (Lipinski definition) is 2. The van der Waals surface area contributed by atoms with Gasteiger partial charge in [0.2, 0.25) is 0 Å². The van der Waals surface area contributed by atoms with E-state index in [2.05, 4.69) is 34.7 Å². The number of ether oxygens (including phenoxy) is 1. The Morgan fingerprint density at radius 2 is 2.05 bits per heavy atom. The van der Waals surface area contributed by atoms with Crippen LogP contribution in [-0.2, 0) is 6.54 Å². The summed E-state index contributed by atoms with van der Waals surface area (Å²) in [4.78, 5) is 4.69. The molecule has 0 spiro atoms. The molecule has 22 heavy (non-hydrogen) atoms. The van der Waals surface area contributed by atoms with Gasteiger partial charge in [0.15, 0.2) is 5.96 Å². The molecule has 2 N–H and O–H groups in total. The fourth-order valence-corrected chi connectivity index (χ4v) is 2.65. The lowest BCUT2D eigenvalue weighted by molar-refractivity contribution is 0.340. The summed E-state index contributed by atoms with van der Waals surface area (Å²) in [7, 11) is 0. The first-order chi connectivity index (χ1) is 10.3. The van der Waals surface area contributed by atoms with E-state index in [1.54, 1.807) is 0 Å². The van der Waals surface area contributed by atoms with Crippen LogP contribution in [0.5, 0.6) is 5.75 Å². The Kier molecular flexibility index (Phi) is 9.27. The molecule has 0 atom stereocenters. The standard InChI is InChI=1S/C17H27N3O.HI/c1-3-18-17(20-15-9-5-6-10-15)19-13-14-8-7-11-16(12-14)21-4-2;/h7-8,11-12,15H,3-6,9-10,13H2,1-2H3,(H2,18,19,20);1H. The molecule has 0 bridgehead atoms. The topological polar surface area (TPSA) is 45.7 Å². The second-order valence-electron chi connectivity index (χ2n) is 5.40. The van der Waals surface area contributed by atoms with Crippen LogP contribution in [0.4, 0.5) is 0 Å². The van der Waals surface area contributed by atoms with Crippen LogP contribution in [-0.4, -0.2) is 25.2 Å². The molecule has 1 saturated carbocycles. The van der Waals surface area contributed by atoms with Crippen molar-refractivity contribution in [3.63, 3.8) is 0 Å². The minimum absolute atomic E-state index is 0. The molecule has 1 fully saturated rings. The smallest absolute Gasteiger partial charge is 0.191 e. The Labute approximate surface area is 151 Å². The van der Waals surface area contributed by atoms with Crippen LogP contribution >= 0.6 is 24.0 Å². The van der Waals surface area contributed by atoms with Gasteiger partial charge in [-0.1, -0.05) is 25.0 Å². The zero-order chi connectivity index (χ0) is 14.9. The van der Waals surface area contributed by atoms with E-state index in [1.807, 2.05) is 19.1 Å². The van der Waals surface area contributed by atoms with Gasteiger partial charge in [-0.3, -0.25) is 0 Å². The van der Waals surface area contributed by atoms with Crippen LogP contribution in [0.2, 0.25) is 0 Å². The van der Waals surface area contributed by atoms with Crippen molar-refractivity contribution in [2.45, 2.75) is 52.1 Å². The molecule has 0 saturated heterocycles. The number of nitrogens with one attached hydrogen (secondary N) is 2. The maximum atomic E-state index is 5.53. The minimum atomic E-state index is 0. The lowest BCUT2D eigenvalue weighted by atomic mass is 10.2. The number of guanidine groups is 1. The average Bonchev–Trinajstić information content (AvgIpc) is 2.99. The normalized spacial score (nSPS) is 15.3. The summed E-state index contributed by atoms with van der Waals surface area (Å²) in [5, 5.41) is 6.86. The highest BCUT2D eigenvalue weighted by atomic mass is 127. The van der Waals surface area contributed by atoms with Crippen molar-refractivity contribution in [1.82, 2.24) is 10.6 Å². The summed E-state index contributed by atoms with van der Waals surface area (Å²) < 4.78 is 5.53. The van der Waals surface area contributed by atoms with Crippen LogP contribution in [0, 0.1) is 0 Å². The molecule has 124 valence electrons. The van der Waals surface area contributed by atoms with E-state index in [4.69, 9.17) is 4.74 Å². The lowest BCUT2D eigenvalue weighted by Crippen LogP contribution is -2.42. The Morgan fingerprint density at radius 3 is 2.73 bits per heavy atom. The molecule has 1 aromatic carbocycles. The van der Waals surface area contributed by atoms with Gasteiger partial charge in [0.05, 0.1) is 13.2 Å². The first-order valence-electron chi connectivity index (χ1n) is 8.08. The number of aliphatic imine (C=N–C) groups is 1. The maximum Gasteiger partial charge on any atom is 0.191 e. The lowest BCUT2D eigenvalue weighted by Gasteiger charge is -2.16. The SMILES string of the molecule is CCNC(=NCc1cccc(OCC)c1)NC1CCCC1.I. The number of halogens is 1. The van der Waals surface area contributed by atoms with E-state index in [1.165, 1.54) is 31.2 Å². The van der Waals surface area contributed by atoms with Crippen molar-refractivity contribution in [2.24, 2.45) is 4.99 Å². The van der Waals surface area contributed by atoms with Gasteiger partial charge in [-0.05, 0) is 44.4 Å². The van der Waals surface area contributed by atoms with Crippen molar-refractivity contribution < 1.29 is 4.74 Å². The first-order valence-corrected chi connectivity index (χ1v) is 8.08. The molecule has 0 unspecified atom stereocenters. The van der Waals surface area contributed by atoms with Crippen molar-refractivity contribution in [3.05, 3.63) is 29.8 Å². The fourth-order valence-electron chi connectivity index (χ4n) is 2.65. The van der Waals surface area contributed by atoms with E-state index in [9.17, 15) is 0 Å². The van der Waals surface area contributed by atoms with Crippen molar-refractivity contribution >= 4 is 29.9 Å². The van der Waals surface area contributed by atoms with Crippen molar-refractivity contribution in [1.29, 1.82) is 0 Å². The van der Waals surface area contributed by atoms with E-state index in [0.29, 0.717) is 19.2 Å². The molecule has 1 aliphatic rings. The molecule has 5 heteroatoms. The fraction of sp³-hybridized carbons (Fsp3) is 0.588. The summed E-state index contributed by atoms with van der Waals surface area (Å²) in [5.74, 6) is 1.84. The summed E-state index contributed by atoms with van der Waals surface area (Å²) in [6, 6.07) is 8.74. The van der Waals surface area contributed by atoms with Gasteiger partial charge in [-0.15, -0.1) is 24.0 Å². The third-order valence-electron chi connectivity index (χ3n) is 3.67. The van der Waals surface area contributed by atoms with Gasteiger partial charge in [0.1, 0.15) is 5.75 Å². The average molecular weight is 417 g/mol. The second-order valence-corrected chi connectivity index (χ2v) is 5.40. The third kappa shape index (κ3) is 6.42. The van der Waals surface area contributed by atoms with Crippen LogP contribution < -0.4 is 15.4 Å². The largest absolute Gasteiger partial charge is 0.494 e. The molecule has 0 radical (unpaired) electrons. The van der Waals surface area contributed by atoms with Crippen LogP contribution in [0.1, 0.15) is 45.1 Å². The number of rotatable bonds is 6. The van der Waals surface area contributed by atoms with Crippen molar-refractivity contribution in [2.75, 3.05) is 13.2 Å². The zero-order valence-electron chi connectivity index (χ0n) is 13.6. The number of hydrogen-bond acceptors (Lipinski definition) is 2. The predicted octanol–water partition coefficient (Wildman–Crippen LogP) is 3.70. The molecular weight excluding hydrogens is 389 g/mol. The van der Waals surface area contributed by atoms with Crippen LogP contribution in [0.15, 0.2) is 29.3 Å². The molecule has 0 aliphatic heterocycles. The molecule has 0 amide bonds. The number of benzene rings is 1. The molecule has 0 heterocycles. The van der Waals surface area contributed by atoms with E-state index in [-0.39, 0.29) is 24.0 Å². The highest BCUT2D eigenvalue weighted by molar-refractivity contribution is 14.0. The number of nitrogens with zero attached hydrogens (tertiary/aromatic N) is 1. The van der Waals surface area contributed by atoms with Crippen molar-refractivity contribution in [3.8, 4) is 5.75 Å². The van der Waals surface area contributed by atoms with Gasteiger partial charge in [0, 0.05) is 12.6 Å². The second kappa shape index (κ2) is 10.7. The molecule has 2 rings (SSSR count). The predicted molar refractivity (Wildman–Crippen MR) is 103 cm³/mol. The molecule has 1 aromatic rings. The van der Waals surface area contributed by atoms with E-state index >= 15 is 0 Å². The Morgan fingerprint density at radius 1 is 1.27 bits per heavy atom. The monoisotopic (exact) mass is 417 g/mol. The Hall–Kier alpha value is -0.980. The highest BCUT2D eigenvalue weighted by Crippen LogP contribution is 2.17. The quantitative estimate of drug-likeness (QED) is 0.422. The summed E-state index contributed by atoms with van der Waals surface area (Å²) in [6.07, 6.45) is 5.16. The van der Waals surface area contributed by atoms with Gasteiger partial charge < -0.3 is 15.4 Å². The van der Waals surface area contributed by atoms with Gasteiger partial charge in [0.25, 0.3) is 0 Å². The van der Waals surface area contributed by atoms with Crippen LogP contribution in [0.25, 0.3) is 0 Å².